The van der Waals surface area contributed by atoms with Crippen molar-refractivity contribution in [2.45, 2.75) is 17.9 Å². The Bertz CT molecular complexity index is 1280. The van der Waals surface area contributed by atoms with Crippen molar-refractivity contribution in [3.05, 3.63) is 90.0 Å². The van der Waals surface area contributed by atoms with E-state index in [-0.39, 0.29) is 11.0 Å². The number of sulfonamides is 1. The molecule has 3 aromatic carbocycles. The van der Waals surface area contributed by atoms with Crippen molar-refractivity contribution in [2.75, 3.05) is 22.4 Å². The predicted molar refractivity (Wildman–Crippen MR) is 136 cm³/mol. The molecule has 1 N–H and O–H groups in total. The molecule has 0 bridgehead atoms. The van der Waals surface area contributed by atoms with Gasteiger partial charge in [-0.1, -0.05) is 48.5 Å². The Morgan fingerprint density at radius 2 is 1.82 bits per heavy atom. The Labute approximate surface area is 203 Å². The molecule has 4 rings (SSSR count). The molecule has 0 saturated carbocycles. The lowest BCUT2D eigenvalue weighted by Gasteiger charge is -2.25. The van der Waals surface area contributed by atoms with E-state index in [9.17, 15) is 13.2 Å². The van der Waals surface area contributed by atoms with Gasteiger partial charge in [0, 0.05) is 11.5 Å². The molecule has 1 aliphatic rings. The van der Waals surface area contributed by atoms with Crippen LogP contribution in [-0.2, 0) is 14.8 Å². The molecular weight excluding hydrogens is 470 g/mol. The van der Waals surface area contributed by atoms with E-state index in [4.69, 9.17) is 4.74 Å². The zero-order valence-electron chi connectivity index (χ0n) is 18.6. The van der Waals surface area contributed by atoms with Crippen LogP contribution in [0.4, 0.5) is 5.69 Å². The van der Waals surface area contributed by atoms with Crippen molar-refractivity contribution in [3.63, 3.8) is 0 Å². The number of carbonyl (C=O) groups is 1. The normalized spacial score (nSPS) is 13.9. The number of rotatable bonds is 9. The molecule has 1 heterocycles. The topological polar surface area (TPSA) is 88.1 Å². The molecule has 0 aliphatic carbocycles. The second kappa shape index (κ2) is 10.8. The largest absolute Gasteiger partial charge is 0.489 e. The third kappa shape index (κ3) is 5.78. The molecule has 3 aromatic rings. The highest BCUT2D eigenvalue weighted by molar-refractivity contribution is 8.00. The summed E-state index contributed by atoms with van der Waals surface area (Å²) < 4.78 is 33.7. The molecule has 0 atom stereocenters. The first kappa shape index (κ1) is 23.8. The number of carbonyl (C=O) groups excluding carboxylic acids is 1. The van der Waals surface area contributed by atoms with Gasteiger partial charge in [-0.15, -0.1) is 0 Å². The van der Waals surface area contributed by atoms with E-state index in [1.165, 1.54) is 18.3 Å². The smallest absolute Gasteiger partial charge is 0.264 e. The van der Waals surface area contributed by atoms with Gasteiger partial charge in [0.25, 0.3) is 15.9 Å². The highest BCUT2D eigenvalue weighted by Gasteiger charge is 2.28. The van der Waals surface area contributed by atoms with Gasteiger partial charge in [0.2, 0.25) is 0 Å². The first-order valence-corrected chi connectivity index (χ1v) is 13.3. The zero-order chi connectivity index (χ0) is 24.0. The van der Waals surface area contributed by atoms with E-state index in [0.29, 0.717) is 5.69 Å². The Hall–Kier alpha value is -3.30. The van der Waals surface area contributed by atoms with Crippen LogP contribution in [0.25, 0.3) is 0 Å². The van der Waals surface area contributed by atoms with E-state index < -0.39 is 22.5 Å². The summed E-state index contributed by atoms with van der Waals surface area (Å²) in [6.07, 6.45) is 1.74. The zero-order valence-corrected chi connectivity index (χ0v) is 20.3. The third-order valence-electron chi connectivity index (χ3n) is 5.17. The molecular formula is C25H25N3O4S2. The van der Waals surface area contributed by atoms with E-state index >= 15 is 0 Å². The minimum Gasteiger partial charge on any atom is -0.489 e. The van der Waals surface area contributed by atoms with Crippen molar-refractivity contribution >= 4 is 39.6 Å². The molecule has 1 amide bonds. The summed E-state index contributed by atoms with van der Waals surface area (Å²) in [5, 5.41) is 4.01. The van der Waals surface area contributed by atoms with Crippen molar-refractivity contribution in [1.82, 2.24) is 5.43 Å². The predicted octanol–water partition coefficient (Wildman–Crippen LogP) is 3.83. The van der Waals surface area contributed by atoms with Crippen molar-refractivity contribution in [1.29, 1.82) is 0 Å². The number of nitrogens with one attached hydrogen (secondary N) is 1. The number of hydrazone groups is 1. The van der Waals surface area contributed by atoms with Gasteiger partial charge in [-0.05, 0) is 48.4 Å². The molecule has 7 nitrogen and oxygen atoms in total. The van der Waals surface area contributed by atoms with Crippen molar-refractivity contribution in [2.24, 2.45) is 5.10 Å². The number of anilines is 1. The van der Waals surface area contributed by atoms with Crippen LogP contribution in [0.15, 0.2) is 88.9 Å². The number of para-hydroxylation sites is 1. The van der Waals surface area contributed by atoms with Gasteiger partial charge in [-0.2, -0.15) is 16.9 Å². The molecule has 176 valence electrons. The summed E-state index contributed by atoms with van der Waals surface area (Å²) in [5.41, 5.74) is 4.37. The molecule has 1 fully saturated rings. The molecule has 1 saturated heterocycles. The molecule has 0 aromatic heterocycles. The summed E-state index contributed by atoms with van der Waals surface area (Å²) in [4.78, 5) is 12.8. The highest BCUT2D eigenvalue weighted by Crippen LogP contribution is 2.26. The fraction of sp³-hybridized carbons (Fsp3) is 0.200. The number of benzene rings is 3. The Kier molecular flexibility index (Phi) is 7.54. The third-order valence-corrected chi connectivity index (χ3v) is 8.16. The summed E-state index contributed by atoms with van der Waals surface area (Å²) in [6, 6.07) is 22.5. The van der Waals surface area contributed by atoms with Gasteiger partial charge in [-0.3, -0.25) is 9.10 Å². The van der Waals surface area contributed by atoms with Gasteiger partial charge in [0.05, 0.1) is 16.8 Å². The second-order valence-corrected chi connectivity index (χ2v) is 10.7. The number of thioether (sulfide) groups is 1. The molecule has 0 unspecified atom stereocenters. The number of hydrogen-bond acceptors (Lipinski definition) is 6. The fourth-order valence-electron chi connectivity index (χ4n) is 3.35. The van der Waals surface area contributed by atoms with Crippen LogP contribution in [-0.4, -0.2) is 44.7 Å². The first-order chi connectivity index (χ1) is 16.4. The molecule has 0 radical (unpaired) electrons. The fourth-order valence-corrected chi connectivity index (χ4v) is 5.42. The number of aryl methyl sites for hydroxylation is 1. The molecule has 9 heteroatoms. The summed E-state index contributed by atoms with van der Waals surface area (Å²) in [6.45, 7) is 1.39. The van der Waals surface area contributed by atoms with Crippen LogP contribution < -0.4 is 14.5 Å². The number of ether oxygens (including phenoxy) is 1. The SMILES string of the molecule is Cc1ccccc1N(CC(=O)N/N=C\c1cccc(OC2CSC2)c1)S(=O)(=O)c1ccccc1. The molecule has 1 aliphatic heterocycles. The number of nitrogens with zero attached hydrogens (tertiary/aromatic N) is 2. The van der Waals surface area contributed by atoms with Gasteiger partial charge < -0.3 is 4.74 Å². The minimum atomic E-state index is -3.96. The van der Waals surface area contributed by atoms with Crippen molar-refractivity contribution in [3.8, 4) is 5.75 Å². The van der Waals surface area contributed by atoms with Crippen LogP contribution in [0, 0.1) is 6.92 Å². The lowest BCUT2D eigenvalue weighted by molar-refractivity contribution is -0.119. The number of hydrogen-bond donors (Lipinski definition) is 1. The van der Waals surface area contributed by atoms with Crippen LogP contribution in [0.5, 0.6) is 5.75 Å². The van der Waals surface area contributed by atoms with Crippen LogP contribution in [0.3, 0.4) is 0 Å². The number of amides is 1. The average molecular weight is 496 g/mol. The van der Waals surface area contributed by atoms with Crippen LogP contribution in [0.1, 0.15) is 11.1 Å². The lowest BCUT2D eigenvalue weighted by Crippen LogP contribution is -2.40. The molecule has 0 spiro atoms. The second-order valence-electron chi connectivity index (χ2n) is 7.75. The van der Waals surface area contributed by atoms with Gasteiger partial charge in [-0.25, -0.2) is 13.8 Å². The van der Waals surface area contributed by atoms with E-state index in [1.807, 2.05) is 42.1 Å². The summed E-state index contributed by atoms with van der Waals surface area (Å²) >= 11 is 1.84. The lowest BCUT2D eigenvalue weighted by atomic mass is 10.2. The maximum absolute atomic E-state index is 13.4. The standard InChI is InChI=1S/C25H25N3O4S2/c1-19-8-5-6-13-24(19)28(34(30,31)23-11-3-2-4-12-23)16-25(29)27-26-15-20-9-7-10-21(14-20)32-22-17-33-18-22/h2-15,22H,16-18H2,1H3,(H,27,29)/b26-15-. The Balaban J connectivity index is 1.48. The van der Waals surface area contributed by atoms with Gasteiger partial charge >= 0.3 is 0 Å². The first-order valence-electron chi connectivity index (χ1n) is 10.7. The van der Waals surface area contributed by atoms with Crippen LogP contribution >= 0.6 is 11.8 Å². The Morgan fingerprint density at radius 1 is 1.09 bits per heavy atom. The monoisotopic (exact) mass is 495 g/mol. The highest BCUT2D eigenvalue weighted by atomic mass is 32.2. The van der Waals surface area contributed by atoms with E-state index in [1.54, 1.807) is 43.3 Å². The van der Waals surface area contributed by atoms with Crippen LogP contribution in [0.2, 0.25) is 0 Å². The van der Waals surface area contributed by atoms with Crippen molar-refractivity contribution < 1.29 is 17.9 Å². The maximum atomic E-state index is 13.4. The summed E-state index contributed by atoms with van der Waals surface area (Å²) in [7, 11) is -3.96. The van der Waals surface area contributed by atoms with E-state index in [2.05, 4.69) is 10.5 Å². The maximum Gasteiger partial charge on any atom is 0.264 e. The average Bonchev–Trinajstić information content (AvgIpc) is 2.81. The van der Waals surface area contributed by atoms with E-state index in [0.717, 1.165) is 32.7 Å². The quantitative estimate of drug-likeness (QED) is 0.360. The van der Waals surface area contributed by atoms with Gasteiger partial charge in [0.1, 0.15) is 18.4 Å². The molecule has 34 heavy (non-hydrogen) atoms. The Morgan fingerprint density at radius 3 is 2.53 bits per heavy atom. The minimum absolute atomic E-state index is 0.108. The van der Waals surface area contributed by atoms with Gasteiger partial charge in [0.15, 0.2) is 0 Å². The summed E-state index contributed by atoms with van der Waals surface area (Å²) in [5.74, 6) is 2.16.